The highest BCUT2D eigenvalue weighted by Gasteiger charge is 2.28. The number of fused-ring (bicyclic) bond motifs is 1. The third-order valence-corrected chi connectivity index (χ3v) is 6.48. The number of benzene rings is 3. The Labute approximate surface area is 196 Å². The summed E-state index contributed by atoms with van der Waals surface area (Å²) in [6.45, 7) is -0.0132. The summed E-state index contributed by atoms with van der Waals surface area (Å²) < 4.78 is 11.8. The fourth-order valence-electron chi connectivity index (χ4n) is 3.51. The maximum absolute atomic E-state index is 12.4. The molecule has 7 nitrogen and oxygen atoms in total. The van der Waals surface area contributed by atoms with Crippen LogP contribution in [0.1, 0.15) is 22.8 Å². The number of amidine groups is 1. The highest BCUT2D eigenvalue weighted by molar-refractivity contribution is 8.01. The Morgan fingerprint density at radius 3 is 2.73 bits per heavy atom. The summed E-state index contributed by atoms with van der Waals surface area (Å²) in [7, 11) is 0. The van der Waals surface area contributed by atoms with E-state index in [0.717, 1.165) is 16.0 Å². The van der Waals surface area contributed by atoms with Gasteiger partial charge in [0.05, 0.1) is 16.9 Å². The average Bonchev–Trinajstić information content (AvgIpc) is 3.28. The fourth-order valence-corrected chi connectivity index (χ4v) is 4.68. The van der Waals surface area contributed by atoms with Crippen LogP contribution in [0, 0.1) is 16.7 Å². The highest BCUT2D eigenvalue weighted by Crippen LogP contribution is 2.42. The number of rotatable bonds is 7. The lowest BCUT2D eigenvalue weighted by Gasteiger charge is -2.21. The molecule has 1 amide bonds. The van der Waals surface area contributed by atoms with Gasteiger partial charge < -0.3 is 15.2 Å². The zero-order chi connectivity index (χ0) is 23.2. The first kappa shape index (κ1) is 22.2. The Morgan fingerprint density at radius 2 is 1.97 bits per heavy atom. The molecule has 2 unspecified atom stereocenters. The normalized spacial score (nSPS) is 15.1. The number of hydrogen-bond donors (Lipinski definition) is 3. The van der Waals surface area contributed by atoms with Crippen LogP contribution in [0.15, 0.2) is 77.7 Å². The Hall–Kier alpha value is -3.96. The maximum Gasteiger partial charge on any atom is 0.411 e. The van der Waals surface area contributed by atoms with Crippen molar-refractivity contribution in [3.8, 4) is 11.8 Å². The van der Waals surface area contributed by atoms with E-state index in [9.17, 15) is 4.79 Å². The molecule has 0 radical (unpaired) electrons. The van der Waals surface area contributed by atoms with Crippen LogP contribution in [0.3, 0.4) is 0 Å². The van der Waals surface area contributed by atoms with Gasteiger partial charge in [0.25, 0.3) is 0 Å². The molecule has 0 aromatic heterocycles. The van der Waals surface area contributed by atoms with Crippen molar-refractivity contribution in [2.75, 3.05) is 11.9 Å². The largest absolute Gasteiger partial charge is 0.482 e. The minimum atomic E-state index is -0.639. The number of thioether (sulfide) groups is 1. The Kier molecular flexibility index (Phi) is 6.81. The molecular formula is C25H22N4O3S. The predicted molar refractivity (Wildman–Crippen MR) is 128 cm³/mol. The molecule has 0 saturated heterocycles. The van der Waals surface area contributed by atoms with Gasteiger partial charge in [-0.15, -0.1) is 11.8 Å². The van der Waals surface area contributed by atoms with Gasteiger partial charge in [0.15, 0.2) is 6.10 Å². The summed E-state index contributed by atoms with van der Waals surface area (Å²) in [4.78, 5) is 13.4. The van der Waals surface area contributed by atoms with Crippen LogP contribution < -0.4 is 15.8 Å². The molecule has 0 saturated carbocycles. The van der Waals surface area contributed by atoms with Gasteiger partial charge in [0.1, 0.15) is 18.2 Å². The zero-order valence-corrected chi connectivity index (χ0v) is 18.5. The van der Waals surface area contributed by atoms with Crippen molar-refractivity contribution in [2.45, 2.75) is 22.7 Å². The molecule has 3 aromatic rings. The van der Waals surface area contributed by atoms with Crippen LogP contribution in [0.25, 0.3) is 0 Å². The first-order chi connectivity index (χ1) is 16.0. The number of nitrogens with zero attached hydrogens (tertiary/aromatic N) is 1. The SMILES string of the molecule is N#Cc1cccc(NC(=O)OCC(Oc2cccc3c2CC(C(=N)N)S3)c2ccccc2)c1. The average molecular weight is 459 g/mol. The number of anilines is 1. The van der Waals surface area contributed by atoms with Crippen LogP contribution in [-0.2, 0) is 11.2 Å². The predicted octanol–water partition coefficient (Wildman–Crippen LogP) is 4.88. The summed E-state index contributed by atoms with van der Waals surface area (Å²) in [5.74, 6) is 0.825. The molecule has 1 aliphatic heterocycles. The lowest BCUT2D eigenvalue weighted by molar-refractivity contribution is 0.0893. The number of carbonyl (C=O) groups is 1. The number of amides is 1. The number of carbonyl (C=O) groups excluding carboxylic acids is 1. The van der Waals surface area contributed by atoms with Gasteiger partial charge in [-0.3, -0.25) is 10.7 Å². The summed E-state index contributed by atoms with van der Waals surface area (Å²) in [5, 5.41) is 19.3. The first-order valence-corrected chi connectivity index (χ1v) is 11.2. The van der Waals surface area contributed by atoms with E-state index in [0.29, 0.717) is 23.4 Å². The number of nitrogens with two attached hydrogens (primary N) is 1. The monoisotopic (exact) mass is 458 g/mol. The second kappa shape index (κ2) is 10.1. The summed E-state index contributed by atoms with van der Waals surface area (Å²) in [6, 6.07) is 23.9. The highest BCUT2D eigenvalue weighted by atomic mass is 32.2. The standard InChI is InChI=1S/C25H22N4O3S/c26-14-16-6-4-9-18(12-16)29-25(30)31-15-21(17-7-2-1-3-8-17)32-20-10-5-11-22-19(20)13-23(33-22)24(27)28/h1-12,21,23H,13,15H2,(H3,27,28)(H,29,30). The topological polar surface area (TPSA) is 121 Å². The smallest absolute Gasteiger partial charge is 0.411 e. The molecule has 166 valence electrons. The van der Waals surface area contributed by atoms with Gasteiger partial charge in [-0.25, -0.2) is 4.79 Å². The van der Waals surface area contributed by atoms with Crippen molar-refractivity contribution >= 4 is 29.4 Å². The first-order valence-electron chi connectivity index (χ1n) is 10.3. The van der Waals surface area contributed by atoms with Crippen molar-refractivity contribution in [1.82, 2.24) is 0 Å². The molecule has 0 aliphatic carbocycles. The fraction of sp³-hybridized carbons (Fsp3) is 0.160. The van der Waals surface area contributed by atoms with Gasteiger partial charge in [-0.1, -0.05) is 42.5 Å². The quantitative estimate of drug-likeness (QED) is 0.343. The van der Waals surface area contributed by atoms with Crippen LogP contribution in [0.2, 0.25) is 0 Å². The number of hydrogen-bond acceptors (Lipinski definition) is 6. The van der Waals surface area contributed by atoms with E-state index >= 15 is 0 Å². The molecule has 0 spiro atoms. The van der Waals surface area contributed by atoms with Crippen molar-refractivity contribution < 1.29 is 14.3 Å². The van der Waals surface area contributed by atoms with Gasteiger partial charge in [-0.2, -0.15) is 5.26 Å². The minimum Gasteiger partial charge on any atom is -0.482 e. The van der Waals surface area contributed by atoms with E-state index in [1.165, 1.54) is 0 Å². The van der Waals surface area contributed by atoms with Gasteiger partial charge in [-0.05, 0) is 42.3 Å². The van der Waals surface area contributed by atoms with E-state index in [1.807, 2.05) is 54.6 Å². The molecule has 8 heteroatoms. The van der Waals surface area contributed by atoms with Gasteiger partial charge >= 0.3 is 6.09 Å². The Bertz CT molecular complexity index is 1210. The van der Waals surface area contributed by atoms with E-state index in [2.05, 4.69) is 5.32 Å². The van der Waals surface area contributed by atoms with Crippen LogP contribution >= 0.6 is 11.8 Å². The van der Waals surface area contributed by atoms with Crippen LogP contribution in [0.4, 0.5) is 10.5 Å². The molecule has 0 bridgehead atoms. The number of nitriles is 1. The van der Waals surface area contributed by atoms with E-state index in [-0.39, 0.29) is 17.7 Å². The molecule has 1 aliphatic rings. The van der Waals surface area contributed by atoms with Crippen molar-refractivity contribution in [3.63, 3.8) is 0 Å². The summed E-state index contributed by atoms with van der Waals surface area (Å²) in [6.07, 6.45) is -0.556. The molecule has 4 N–H and O–H groups in total. The molecule has 3 aromatic carbocycles. The second-order valence-corrected chi connectivity index (χ2v) is 8.68. The molecule has 2 atom stereocenters. The van der Waals surface area contributed by atoms with Gasteiger partial charge in [0, 0.05) is 16.1 Å². The molecule has 1 heterocycles. The van der Waals surface area contributed by atoms with Crippen molar-refractivity contribution in [3.05, 3.63) is 89.5 Å². The lowest BCUT2D eigenvalue weighted by atomic mass is 10.1. The molecule has 4 rings (SSSR count). The maximum atomic E-state index is 12.4. The molecular weight excluding hydrogens is 436 g/mol. The van der Waals surface area contributed by atoms with E-state index in [4.69, 9.17) is 25.9 Å². The molecule has 33 heavy (non-hydrogen) atoms. The third-order valence-electron chi connectivity index (χ3n) is 5.14. The third kappa shape index (κ3) is 5.45. The lowest BCUT2D eigenvalue weighted by Crippen LogP contribution is -2.24. The van der Waals surface area contributed by atoms with Crippen molar-refractivity contribution in [2.24, 2.45) is 5.73 Å². The number of ether oxygens (including phenoxy) is 2. The second-order valence-electron chi connectivity index (χ2n) is 7.43. The summed E-state index contributed by atoms with van der Waals surface area (Å²) in [5.41, 5.74) is 8.51. The van der Waals surface area contributed by atoms with Crippen LogP contribution in [0.5, 0.6) is 5.75 Å². The summed E-state index contributed by atoms with van der Waals surface area (Å²) >= 11 is 1.56. The minimum absolute atomic E-state index is 0.0132. The van der Waals surface area contributed by atoms with E-state index < -0.39 is 12.2 Å². The van der Waals surface area contributed by atoms with E-state index in [1.54, 1.807) is 36.0 Å². The van der Waals surface area contributed by atoms with Crippen molar-refractivity contribution in [1.29, 1.82) is 10.7 Å². The zero-order valence-electron chi connectivity index (χ0n) is 17.7. The van der Waals surface area contributed by atoms with Gasteiger partial charge in [0.2, 0.25) is 0 Å². The molecule has 0 fully saturated rings. The Balaban J connectivity index is 1.48. The van der Waals surface area contributed by atoms with Crippen LogP contribution in [-0.4, -0.2) is 23.8 Å². The number of nitrogens with one attached hydrogen (secondary N) is 2. The Morgan fingerprint density at radius 1 is 1.18 bits per heavy atom.